The van der Waals surface area contributed by atoms with E-state index < -0.39 is 0 Å². The molecule has 0 saturated carbocycles. The van der Waals surface area contributed by atoms with Crippen LogP contribution in [-0.4, -0.2) is 42.9 Å². The summed E-state index contributed by atoms with van der Waals surface area (Å²) in [5.74, 6) is -0.143. The van der Waals surface area contributed by atoms with Crippen molar-refractivity contribution >= 4 is 22.4 Å². The maximum atomic E-state index is 11.8. The van der Waals surface area contributed by atoms with Gasteiger partial charge in [-0.2, -0.15) is 0 Å². The molecule has 0 bridgehead atoms. The van der Waals surface area contributed by atoms with E-state index in [9.17, 15) is 4.79 Å². The lowest BCUT2D eigenvalue weighted by Gasteiger charge is -2.02. The Labute approximate surface area is 118 Å². The molecule has 1 fully saturated rings. The summed E-state index contributed by atoms with van der Waals surface area (Å²) in [6, 6.07) is 0. The maximum absolute atomic E-state index is 11.8. The summed E-state index contributed by atoms with van der Waals surface area (Å²) in [6.07, 6.45) is 3.77. The lowest BCUT2D eigenvalue weighted by molar-refractivity contribution is -0.116. The first-order chi connectivity index (χ1) is 9.81. The highest BCUT2D eigenvalue weighted by molar-refractivity contribution is 7.15. The van der Waals surface area contributed by atoms with Gasteiger partial charge in [0.05, 0.1) is 6.54 Å². The van der Waals surface area contributed by atoms with Crippen LogP contribution in [0.25, 0.3) is 0 Å². The molecule has 1 unspecified atom stereocenters. The molecule has 0 radical (unpaired) electrons. The second-order valence-electron chi connectivity index (χ2n) is 4.32. The van der Waals surface area contributed by atoms with Gasteiger partial charge in [-0.05, 0) is 23.3 Å². The van der Waals surface area contributed by atoms with Crippen LogP contribution in [0.2, 0.25) is 0 Å². The topological polar surface area (TPSA) is 108 Å². The van der Waals surface area contributed by atoms with Crippen LogP contribution in [0, 0.1) is 0 Å². The lowest BCUT2D eigenvalue weighted by atomic mass is 10.2. The zero-order valence-corrected chi connectivity index (χ0v) is 11.4. The highest BCUT2D eigenvalue weighted by Crippen LogP contribution is 2.31. The van der Waals surface area contributed by atoms with E-state index in [1.165, 1.54) is 22.3 Å². The van der Waals surface area contributed by atoms with E-state index in [2.05, 4.69) is 31.0 Å². The maximum Gasteiger partial charge on any atom is 0.228 e. The number of anilines is 1. The molecule has 3 rings (SSSR count). The lowest BCUT2D eigenvalue weighted by Crippen LogP contribution is -2.14. The number of carbonyl (C=O) groups is 1. The molecule has 3 heterocycles. The smallest absolute Gasteiger partial charge is 0.228 e. The first-order valence-electron chi connectivity index (χ1n) is 6.27. The van der Waals surface area contributed by atoms with Crippen molar-refractivity contribution in [1.29, 1.82) is 0 Å². The van der Waals surface area contributed by atoms with Gasteiger partial charge in [-0.3, -0.25) is 4.79 Å². The monoisotopic (exact) mass is 295 g/mol. The van der Waals surface area contributed by atoms with Crippen LogP contribution in [0.15, 0.2) is 6.33 Å². The van der Waals surface area contributed by atoms with Gasteiger partial charge in [-0.15, -0.1) is 15.3 Å². The van der Waals surface area contributed by atoms with E-state index in [0.29, 0.717) is 11.7 Å². The van der Waals surface area contributed by atoms with Crippen molar-refractivity contribution in [2.24, 2.45) is 0 Å². The Morgan fingerprint density at radius 2 is 2.50 bits per heavy atom. The predicted molar refractivity (Wildman–Crippen MR) is 68.9 cm³/mol. The van der Waals surface area contributed by atoms with Crippen LogP contribution in [0.5, 0.6) is 0 Å². The molecule has 1 amide bonds. The fraction of sp³-hybridized carbons (Fsp3) is 0.600. The zero-order chi connectivity index (χ0) is 13.8. The van der Waals surface area contributed by atoms with Crippen molar-refractivity contribution in [2.75, 3.05) is 11.9 Å². The van der Waals surface area contributed by atoms with Crippen molar-refractivity contribution in [1.82, 2.24) is 30.4 Å². The Morgan fingerprint density at radius 3 is 3.25 bits per heavy atom. The first-order valence-corrected chi connectivity index (χ1v) is 7.08. The molecule has 0 aliphatic carbocycles. The summed E-state index contributed by atoms with van der Waals surface area (Å²) in [5.41, 5.74) is 0. The summed E-state index contributed by atoms with van der Waals surface area (Å²) in [4.78, 5) is 11.8. The number of amides is 1. The SMILES string of the molecule is O=C(CCn1cnnn1)Nc1nnc(C2CCCO2)s1. The van der Waals surface area contributed by atoms with Crippen molar-refractivity contribution in [3.8, 4) is 0 Å². The minimum Gasteiger partial charge on any atom is -0.371 e. The van der Waals surface area contributed by atoms with E-state index in [1.807, 2.05) is 0 Å². The summed E-state index contributed by atoms with van der Waals surface area (Å²) in [7, 11) is 0. The van der Waals surface area contributed by atoms with Crippen LogP contribution < -0.4 is 5.32 Å². The Balaban J connectivity index is 1.50. The van der Waals surface area contributed by atoms with E-state index >= 15 is 0 Å². The molecule has 2 aromatic rings. The average Bonchev–Trinajstić information content (AvgIpc) is 3.18. The van der Waals surface area contributed by atoms with Crippen LogP contribution in [-0.2, 0) is 16.1 Å². The number of nitrogens with zero attached hydrogens (tertiary/aromatic N) is 6. The van der Waals surface area contributed by atoms with Gasteiger partial charge in [0.15, 0.2) is 0 Å². The first kappa shape index (κ1) is 13.1. The Morgan fingerprint density at radius 1 is 1.55 bits per heavy atom. The largest absolute Gasteiger partial charge is 0.371 e. The second kappa shape index (κ2) is 6.01. The molecule has 1 N–H and O–H groups in total. The minimum atomic E-state index is -0.143. The second-order valence-corrected chi connectivity index (χ2v) is 5.33. The number of carbonyl (C=O) groups excluding carboxylic acids is 1. The number of aromatic nitrogens is 6. The molecule has 9 nitrogen and oxygen atoms in total. The summed E-state index contributed by atoms with van der Waals surface area (Å²) >= 11 is 1.36. The summed E-state index contributed by atoms with van der Waals surface area (Å²) in [5, 5.41) is 22.7. The molecule has 0 spiro atoms. The number of hydrogen-bond donors (Lipinski definition) is 1. The predicted octanol–water partition coefficient (Wildman–Crippen LogP) is 0.405. The van der Waals surface area contributed by atoms with Gasteiger partial charge >= 0.3 is 0 Å². The minimum absolute atomic E-state index is 0.0272. The molecule has 2 aromatic heterocycles. The van der Waals surface area contributed by atoms with E-state index in [0.717, 1.165) is 24.5 Å². The zero-order valence-electron chi connectivity index (χ0n) is 10.6. The number of hydrogen-bond acceptors (Lipinski definition) is 8. The van der Waals surface area contributed by atoms with Crippen LogP contribution in [0.3, 0.4) is 0 Å². The number of aryl methyl sites for hydroxylation is 1. The third kappa shape index (κ3) is 3.14. The van der Waals surface area contributed by atoms with E-state index in [1.54, 1.807) is 0 Å². The number of tetrazole rings is 1. The van der Waals surface area contributed by atoms with Crippen LogP contribution >= 0.6 is 11.3 Å². The Bertz CT molecular complexity index is 564. The van der Waals surface area contributed by atoms with Gasteiger partial charge in [-0.25, -0.2) is 4.68 Å². The van der Waals surface area contributed by atoms with E-state index in [4.69, 9.17) is 4.74 Å². The van der Waals surface area contributed by atoms with Gasteiger partial charge in [0, 0.05) is 13.0 Å². The molecule has 10 heteroatoms. The van der Waals surface area contributed by atoms with E-state index in [-0.39, 0.29) is 18.4 Å². The van der Waals surface area contributed by atoms with Gasteiger partial charge in [0.2, 0.25) is 11.0 Å². The normalized spacial score (nSPS) is 18.3. The van der Waals surface area contributed by atoms with Gasteiger partial charge < -0.3 is 10.1 Å². The molecule has 1 atom stereocenters. The van der Waals surface area contributed by atoms with Crippen molar-refractivity contribution < 1.29 is 9.53 Å². The number of ether oxygens (including phenoxy) is 1. The van der Waals surface area contributed by atoms with Crippen molar-refractivity contribution in [3.63, 3.8) is 0 Å². The molecular formula is C10H13N7O2S. The Hall–Kier alpha value is -1.94. The molecule has 1 saturated heterocycles. The van der Waals surface area contributed by atoms with Gasteiger partial charge in [0.25, 0.3) is 0 Å². The molecule has 106 valence electrons. The number of nitrogens with one attached hydrogen (secondary N) is 1. The summed E-state index contributed by atoms with van der Waals surface area (Å²) < 4.78 is 7.02. The molecular weight excluding hydrogens is 282 g/mol. The third-order valence-corrected chi connectivity index (χ3v) is 3.78. The van der Waals surface area contributed by atoms with Crippen LogP contribution in [0.1, 0.15) is 30.4 Å². The van der Waals surface area contributed by atoms with Crippen molar-refractivity contribution in [3.05, 3.63) is 11.3 Å². The molecule has 1 aliphatic rings. The fourth-order valence-corrected chi connectivity index (χ4v) is 2.71. The summed E-state index contributed by atoms with van der Waals surface area (Å²) in [6.45, 7) is 1.19. The third-order valence-electron chi connectivity index (χ3n) is 2.85. The molecule has 20 heavy (non-hydrogen) atoms. The quantitative estimate of drug-likeness (QED) is 0.850. The molecule has 0 aromatic carbocycles. The van der Waals surface area contributed by atoms with Crippen LogP contribution in [0.4, 0.5) is 5.13 Å². The number of rotatable bonds is 5. The Kier molecular flexibility index (Phi) is 3.92. The molecule has 1 aliphatic heterocycles. The van der Waals surface area contributed by atoms with Crippen molar-refractivity contribution in [2.45, 2.75) is 31.9 Å². The average molecular weight is 295 g/mol. The highest BCUT2D eigenvalue weighted by Gasteiger charge is 2.22. The highest BCUT2D eigenvalue weighted by atomic mass is 32.1. The van der Waals surface area contributed by atoms with Gasteiger partial charge in [-0.1, -0.05) is 11.3 Å². The fourth-order valence-electron chi connectivity index (χ4n) is 1.87. The van der Waals surface area contributed by atoms with Gasteiger partial charge in [0.1, 0.15) is 17.4 Å². The standard InChI is InChI=1S/C10H13N7O2S/c18-8(3-4-17-6-11-15-16-17)12-10-14-13-9(20-10)7-2-1-5-19-7/h6-7H,1-5H2,(H,12,14,18).